The highest BCUT2D eigenvalue weighted by molar-refractivity contribution is 6.32. The molecule has 0 spiro atoms. The van der Waals surface area contributed by atoms with Crippen LogP contribution in [-0.2, 0) is 6.54 Å². The van der Waals surface area contributed by atoms with Gasteiger partial charge in [0.25, 0.3) is 0 Å². The van der Waals surface area contributed by atoms with Gasteiger partial charge in [-0.3, -0.25) is 0 Å². The second-order valence-corrected chi connectivity index (χ2v) is 5.06. The molecule has 2 nitrogen and oxygen atoms in total. The molecular formula is C15H12Cl2N2. The lowest BCUT2D eigenvalue weighted by molar-refractivity contribution is 1.14. The Balaban J connectivity index is 2.10. The van der Waals surface area contributed by atoms with E-state index in [0.717, 1.165) is 21.8 Å². The molecule has 96 valence electrons. The van der Waals surface area contributed by atoms with Crippen molar-refractivity contribution in [1.29, 1.82) is 5.26 Å². The summed E-state index contributed by atoms with van der Waals surface area (Å²) in [5, 5.41) is 13.4. The molecule has 0 fully saturated rings. The van der Waals surface area contributed by atoms with E-state index in [0.29, 0.717) is 17.1 Å². The van der Waals surface area contributed by atoms with Gasteiger partial charge < -0.3 is 5.32 Å². The number of nitrogens with one attached hydrogen (secondary N) is 1. The first-order valence-corrected chi connectivity index (χ1v) is 6.54. The van der Waals surface area contributed by atoms with Crippen LogP contribution in [-0.4, -0.2) is 0 Å². The van der Waals surface area contributed by atoms with Crippen molar-refractivity contribution in [3.63, 3.8) is 0 Å². The Hall–Kier alpha value is -1.69. The molecule has 0 atom stereocenters. The molecule has 19 heavy (non-hydrogen) atoms. The van der Waals surface area contributed by atoms with E-state index in [4.69, 9.17) is 28.5 Å². The molecule has 0 saturated heterocycles. The molecule has 0 aliphatic carbocycles. The van der Waals surface area contributed by atoms with Gasteiger partial charge in [0.2, 0.25) is 0 Å². The van der Waals surface area contributed by atoms with E-state index >= 15 is 0 Å². The molecule has 0 aliphatic heterocycles. The van der Waals surface area contributed by atoms with E-state index in [1.165, 1.54) is 0 Å². The van der Waals surface area contributed by atoms with Gasteiger partial charge in [-0.2, -0.15) is 5.26 Å². The summed E-state index contributed by atoms with van der Waals surface area (Å²) < 4.78 is 0. The van der Waals surface area contributed by atoms with Crippen LogP contribution in [0.3, 0.4) is 0 Å². The molecule has 0 aromatic heterocycles. The van der Waals surface area contributed by atoms with Gasteiger partial charge in [0, 0.05) is 17.3 Å². The van der Waals surface area contributed by atoms with Gasteiger partial charge in [0.1, 0.15) is 6.07 Å². The van der Waals surface area contributed by atoms with E-state index in [-0.39, 0.29) is 0 Å². The summed E-state index contributed by atoms with van der Waals surface area (Å²) in [6.45, 7) is 2.62. The van der Waals surface area contributed by atoms with E-state index in [1.807, 2.05) is 31.2 Å². The first kappa shape index (κ1) is 13.7. The van der Waals surface area contributed by atoms with Gasteiger partial charge in [-0.15, -0.1) is 0 Å². The lowest BCUT2D eigenvalue weighted by atomic mass is 10.1. The van der Waals surface area contributed by atoms with Crippen LogP contribution in [0, 0.1) is 18.3 Å². The maximum absolute atomic E-state index is 8.92. The standard InChI is InChI=1S/C15H12Cl2N2/c1-10-2-3-11(6-15(10)17)9-19-13-4-5-14(16)12(7-13)8-18/h2-7,19H,9H2,1H3. The Bertz CT molecular complexity index is 645. The first-order chi connectivity index (χ1) is 9.10. The van der Waals surface area contributed by atoms with E-state index in [2.05, 4.69) is 11.4 Å². The molecular weight excluding hydrogens is 279 g/mol. The minimum absolute atomic E-state index is 0.464. The number of anilines is 1. The number of hydrogen-bond acceptors (Lipinski definition) is 2. The lowest BCUT2D eigenvalue weighted by Gasteiger charge is -2.08. The van der Waals surface area contributed by atoms with E-state index in [9.17, 15) is 0 Å². The molecule has 0 bridgehead atoms. The van der Waals surface area contributed by atoms with Crippen molar-refractivity contribution in [1.82, 2.24) is 0 Å². The van der Waals surface area contributed by atoms with Crippen molar-refractivity contribution >= 4 is 28.9 Å². The number of nitrogens with zero attached hydrogens (tertiary/aromatic N) is 1. The number of rotatable bonds is 3. The molecule has 0 aliphatic rings. The SMILES string of the molecule is Cc1ccc(CNc2ccc(Cl)c(C#N)c2)cc1Cl. The van der Waals surface area contributed by atoms with Crippen molar-refractivity contribution < 1.29 is 0 Å². The maximum atomic E-state index is 8.92. The van der Waals surface area contributed by atoms with Crippen molar-refractivity contribution in [2.75, 3.05) is 5.32 Å². The smallest absolute Gasteiger partial charge is 0.101 e. The quantitative estimate of drug-likeness (QED) is 0.882. The lowest BCUT2D eigenvalue weighted by Crippen LogP contribution is -2.00. The van der Waals surface area contributed by atoms with Crippen LogP contribution in [0.15, 0.2) is 36.4 Å². The maximum Gasteiger partial charge on any atom is 0.101 e. The third-order valence-corrected chi connectivity index (χ3v) is 3.56. The Kier molecular flexibility index (Phi) is 4.31. The van der Waals surface area contributed by atoms with E-state index in [1.54, 1.807) is 12.1 Å². The van der Waals surface area contributed by atoms with Gasteiger partial charge in [-0.05, 0) is 42.3 Å². The zero-order valence-corrected chi connectivity index (χ0v) is 11.9. The minimum atomic E-state index is 0.464. The summed E-state index contributed by atoms with van der Waals surface area (Å²) in [7, 11) is 0. The third-order valence-electron chi connectivity index (χ3n) is 2.82. The number of nitriles is 1. The summed E-state index contributed by atoms with van der Waals surface area (Å²) in [5.74, 6) is 0. The normalized spacial score (nSPS) is 10.0. The predicted molar refractivity (Wildman–Crippen MR) is 79.7 cm³/mol. The second-order valence-electron chi connectivity index (χ2n) is 4.24. The Labute approximate surface area is 122 Å². The average molecular weight is 291 g/mol. The molecule has 0 heterocycles. The van der Waals surface area contributed by atoms with Crippen LogP contribution < -0.4 is 5.32 Å². The predicted octanol–water partition coefficient (Wildman–Crippen LogP) is 4.79. The third kappa shape index (κ3) is 3.41. The molecule has 0 radical (unpaired) electrons. The molecule has 2 aromatic rings. The Morgan fingerprint density at radius 1 is 1.11 bits per heavy atom. The number of halogens is 2. The fraction of sp³-hybridized carbons (Fsp3) is 0.133. The van der Waals surface area contributed by atoms with Crippen LogP contribution in [0.25, 0.3) is 0 Å². The monoisotopic (exact) mass is 290 g/mol. The van der Waals surface area contributed by atoms with Gasteiger partial charge in [0.05, 0.1) is 10.6 Å². The van der Waals surface area contributed by atoms with Gasteiger partial charge in [-0.1, -0.05) is 35.3 Å². The number of aryl methyl sites for hydroxylation is 1. The molecule has 0 saturated carbocycles. The molecule has 0 amide bonds. The van der Waals surface area contributed by atoms with Gasteiger partial charge in [-0.25, -0.2) is 0 Å². The minimum Gasteiger partial charge on any atom is -0.381 e. The first-order valence-electron chi connectivity index (χ1n) is 5.78. The Morgan fingerprint density at radius 3 is 2.58 bits per heavy atom. The van der Waals surface area contributed by atoms with Crippen LogP contribution in [0.4, 0.5) is 5.69 Å². The van der Waals surface area contributed by atoms with E-state index < -0.39 is 0 Å². The van der Waals surface area contributed by atoms with Crippen LogP contribution in [0.1, 0.15) is 16.7 Å². The molecule has 1 N–H and O–H groups in total. The van der Waals surface area contributed by atoms with Crippen LogP contribution in [0.5, 0.6) is 0 Å². The number of benzene rings is 2. The largest absolute Gasteiger partial charge is 0.381 e. The fourth-order valence-electron chi connectivity index (χ4n) is 1.67. The molecule has 2 rings (SSSR count). The summed E-state index contributed by atoms with van der Waals surface area (Å²) in [6, 6.07) is 13.3. The zero-order chi connectivity index (χ0) is 13.8. The van der Waals surface area contributed by atoms with Crippen molar-refractivity contribution in [3.8, 4) is 6.07 Å². The van der Waals surface area contributed by atoms with Crippen molar-refractivity contribution in [2.45, 2.75) is 13.5 Å². The Morgan fingerprint density at radius 2 is 1.89 bits per heavy atom. The highest BCUT2D eigenvalue weighted by atomic mass is 35.5. The molecule has 4 heteroatoms. The number of hydrogen-bond donors (Lipinski definition) is 1. The zero-order valence-electron chi connectivity index (χ0n) is 10.4. The summed E-state index contributed by atoms with van der Waals surface area (Å²) in [6.07, 6.45) is 0. The molecule has 0 unspecified atom stereocenters. The van der Waals surface area contributed by atoms with Crippen LogP contribution in [0.2, 0.25) is 10.0 Å². The van der Waals surface area contributed by atoms with Gasteiger partial charge >= 0.3 is 0 Å². The highest BCUT2D eigenvalue weighted by Crippen LogP contribution is 2.21. The average Bonchev–Trinajstić information content (AvgIpc) is 2.41. The van der Waals surface area contributed by atoms with Gasteiger partial charge in [0.15, 0.2) is 0 Å². The summed E-state index contributed by atoms with van der Waals surface area (Å²) >= 11 is 12.0. The topological polar surface area (TPSA) is 35.8 Å². The summed E-state index contributed by atoms with van der Waals surface area (Å²) in [5.41, 5.74) is 3.47. The highest BCUT2D eigenvalue weighted by Gasteiger charge is 2.02. The fourth-order valence-corrected chi connectivity index (χ4v) is 2.03. The van der Waals surface area contributed by atoms with Crippen LogP contribution >= 0.6 is 23.2 Å². The van der Waals surface area contributed by atoms with Crippen molar-refractivity contribution in [3.05, 3.63) is 63.1 Å². The molecule has 2 aromatic carbocycles. The summed E-state index contributed by atoms with van der Waals surface area (Å²) in [4.78, 5) is 0. The second kappa shape index (κ2) is 5.97. The van der Waals surface area contributed by atoms with Crippen molar-refractivity contribution in [2.24, 2.45) is 0 Å².